The van der Waals surface area contributed by atoms with Crippen molar-refractivity contribution in [1.29, 1.82) is 5.26 Å². The maximum absolute atomic E-state index is 13.1. The van der Waals surface area contributed by atoms with Crippen molar-refractivity contribution in [2.45, 2.75) is 20.0 Å². The van der Waals surface area contributed by atoms with E-state index in [1.54, 1.807) is 25.1 Å². The zero-order valence-electron chi connectivity index (χ0n) is 10.8. The van der Waals surface area contributed by atoms with E-state index in [1.807, 2.05) is 18.2 Å². The molecule has 0 aliphatic carbocycles. The zero-order valence-corrected chi connectivity index (χ0v) is 10.8. The van der Waals surface area contributed by atoms with Gasteiger partial charge in [0.1, 0.15) is 5.82 Å². The Balaban J connectivity index is 1.89. The van der Waals surface area contributed by atoms with Crippen LogP contribution in [0.5, 0.6) is 0 Å². The highest BCUT2D eigenvalue weighted by Crippen LogP contribution is 2.09. The van der Waals surface area contributed by atoms with Gasteiger partial charge in [-0.15, -0.1) is 0 Å². The molecule has 0 radical (unpaired) electrons. The number of benzene rings is 2. The Morgan fingerprint density at radius 2 is 1.68 bits per heavy atom. The fourth-order valence-electron chi connectivity index (χ4n) is 1.87. The Morgan fingerprint density at radius 3 is 2.32 bits per heavy atom. The maximum atomic E-state index is 13.1. The van der Waals surface area contributed by atoms with Gasteiger partial charge < -0.3 is 5.32 Å². The molecule has 0 aliphatic heterocycles. The molecule has 3 heteroatoms. The molecule has 2 aromatic rings. The Labute approximate surface area is 112 Å². The van der Waals surface area contributed by atoms with Crippen LogP contribution < -0.4 is 5.32 Å². The van der Waals surface area contributed by atoms with Gasteiger partial charge in [-0.2, -0.15) is 5.26 Å². The first-order chi connectivity index (χ1) is 9.19. The first-order valence-corrected chi connectivity index (χ1v) is 6.14. The molecule has 1 N–H and O–H groups in total. The molecule has 0 saturated heterocycles. The van der Waals surface area contributed by atoms with Crippen LogP contribution >= 0.6 is 0 Å². The molecule has 0 spiro atoms. The van der Waals surface area contributed by atoms with E-state index in [1.165, 1.54) is 6.07 Å². The Hall–Kier alpha value is -2.18. The average molecular weight is 254 g/mol. The largest absolute Gasteiger partial charge is 0.309 e. The van der Waals surface area contributed by atoms with Crippen LogP contribution in [0.15, 0.2) is 42.5 Å². The van der Waals surface area contributed by atoms with E-state index in [0.717, 1.165) is 17.7 Å². The van der Waals surface area contributed by atoms with Crippen molar-refractivity contribution < 1.29 is 4.39 Å². The molecule has 19 heavy (non-hydrogen) atoms. The third-order valence-corrected chi connectivity index (χ3v) is 2.96. The molecular weight excluding hydrogens is 239 g/mol. The number of hydrogen-bond acceptors (Lipinski definition) is 2. The molecule has 0 fully saturated rings. The van der Waals surface area contributed by atoms with E-state index in [-0.39, 0.29) is 5.82 Å². The standard InChI is InChI=1S/C16H15FN2/c1-12-8-15(6-7-16(12)17)11-19-10-14-4-2-13(9-18)3-5-14/h2-8,19H,10-11H2,1H3. The fourth-order valence-corrected chi connectivity index (χ4v) is 1.87. The lowest BCUT2D eigenvalue weighted by atomic mass is 10.1. The van der Waals surface area contributed by atoms with Gasteiger partial charge in [-0.3, -0.25) is 0 Å². The van der Waals surface area contributed by atoms with Crippen molar-refractivity contribution >= 4 is 0 Å². The fraction of sp³-hybridized carbons (Fsp3) is 0.188. The van der Waals surface area contributed by atoms with Crippen LogP contribution in [0, 0.1) is 24.1 Å². The lowest BCUT2D eigenvalue weighted by Crippen LogP contribution is -2.12. The van der Waals surface area contributed by atoms with Crippen LogP contribution in [0.3, 0.4) is 0 Å². The third-order valence-electron chi connectivity index (χ3n) is 2.96. The Bertz CT molecular complexity index is 597. The van der Waals surface area contributed by atoms with Crippen LogP contribution in [0.4, 0.5) is 4.39 Å². The first kappa shape index (κ1) is 13.3. The molecular formula is C16H15FN2. The molecule has 0 heterocycles. The summed E-state index contributed by atoms with van der Waals surface area (Å²) in [5.74, 6) is -0.171. The number of aryl methyl sites for hydroxylation is 1. The molecule has 0 unspecified atom stereocenters. The molecule has 0 saturated carbocycles. The molecule has 0 atom stereocenters. The highest BCUT2D eigenvalue weighted by atomic mass is 19.1. The second-order valence-corrected chi connectivity index (χ2v) is 4.50. The molecule has 2 rings (SSSR count). The van der Waals surface area contributed by atoms with Gasteiger partial charge in [0.25, 0.3) is 0 Å². The van der Waals surface area contributed by atoms with E-state index < -0.39 is 0 Å². The van der Waals surface area contributed by atoms with E-state index >= 15 is 0 Å². The molecule has 0 amide bonds. The van der Waals surface area contributed by atoms with Crippen molar-refractivity contribution in [3.05, 3.63) is 70.5 Å². The smallest absolute Gasteiger partial charge is 0.126 e. The summed E-state index contributed by atoms with van der Waals surface area (Å²) in [6.45, 7) is 3.18. The first-order valence-electron chi connectivity index (χ1n) is 6.14. The van der Waals surface area contributed by atoms with E-state index in [4.69, 9.17) is 5.26 Å². The summed E-state index contributed by atoms with van der Waals surface area (Å²) in [6.07, 6.45) is 0. The van der Waals surface area contributed by atoms with Crippen molar-refractivity contribution in [2.75, 3.05) is 0 Å². The van der Waals surface area contributed by atoms with Crippen LogP contribution in [0.2, 0.25) is 0 Å². The van der Waals surface area contributed by atoms with Crippen LogP contribution in [-0.2, 0) is 13.1 Å². The minimum absolute atomic E-state index is 0.171. The summed E-state index contributed by atoms with van der Waals surface area (Å²) in [5, 5.41) is 12.0. The van der Waals surface area contributed by atoms with Crippen LogP contribution in [0.25, 0.3) is 0 Å². The highest BCUT2D eigenvalue weighted by molar-refractivity contribution is 5.31. The Morgan fingerprint density at radius 1 is 1.05 bits per heavy atom. The third kappa shape index (κ3) is 3.64. The van der Waals surface area contributed by atoms with E-state index in [2.05, 4.69) is 11.4 Å². The van der Waals surface area contributed by atoms with Gasteiger partial charge in [-0.1, -0.05) is 24.3 Å². The average Bonchev–Trinajstić information content (AvgIpc) is 2.43. The summed E-state index contributed by atoms with van der Waals surface area (Å²) in [5.41, 5.74) is 3.51. The van der Waals surface area contributed by atoms with Crippen LogP contribution in [-0.4, -0.2) is 0 Å². The predicted octanol–water partition coefficient (Wildman–Crippen LogP) is 3.30. The van der Waals surface area contributed by atoms with Crippen molar-refractivity contribution in [3.63, 3.8) is 0 Å². The van der Waals surface area contributed by atoms with Gasteiger partial charge >= 0.3 is 0 Å². The highest BCUT2D eigenvalue weighted by Gasteiger charge is 1.99. The minimum Gasteiger partial charge on any atom is -0.309 e. The second kappa shape index (κ2) is 6.12. The van der Waals surface area contributed by atoms with Crippen molar-refractivity contribution in [3.8, 4) is 6.07 Å². The van der Waals surface area contributed by atoms with E-state index in [0.29, 0.717) is 17.7 Å². The van der Waals surface area contributed by atoms with Crippen molar-refractivity contribution in [1.82, 2.24) is 5.32 Å². The quantitative estimate of drug-likeness (QED) is 0.908. The number of rotatable bonds is 4. The topological polar surface area (TPSA) is 35.8 Å². The van der Waals surface area contributed by atoms with Gasteiger partial charge in [0.2, 0.25) is 0 Å². The number of nitriles is 1. The monoisotopic (exact) mass is 254 g/mol. The van der Waals surface area contributed by atoms with Gasteiger partial charge in [0.05, 0.1) is 11.6 Å². The summed E-state index contributed by atoms with van der Waals surface area (Å²) in [6, 6.07) is 14.7. The lowest BCUT2D eigenvalue weighted by molar-refractivity contribution is 0.615. The number of nitrogens with one attached hydrogen (secondary N) is 1. The van der Waals surface area contributed by atoms with E-state index in [9.17, 15) is 4.39 Å². The lowest BCUT2D eigenvalue weighted by Gasteiger charge is -2.06. The predicted molar refractivity (Wildman–Crippen MR) is 72.8 cm³/mol. The van der Waals surface area contributed by atoms with Gasteiger partial charge in [-0.05, 0) is 41.8 Å². The van der Waals surface area contributed by atoms with Crippen molar-refractivity contribution in [2.24, 2.45) is 0 Å². The summed E-state index contributed by atoms with van der Waals surface area (Å²) in [4.78, 5) is 0. The Kier molecular flexibility index (Phi) is 4.27. The minimum atomic E-state index is -0.171. The molecule has 2 aromatic carbocycles. The number of halogens is 1. The van der Waals surface area contributed by atoms with Gasteiger partial charge in [-0.25, -0.2) is 4.39 Å². The molecule has 96 valence electrons. The zero-order chi connectivity index (χ0) is 13.7. The molecule has 2 nitrogen and oxygen atoms in total. The summed E-state index contributed by atoms with van der Waals surface area (Å²) < 4.78 is 13.1. The molecule has 0 bridgehead atoms. The van der Waals surface area contributed by atoms with Gasteiger partial charge in [0.15, 0.2) is 0 Å². The SMILES string of the molecule is Cc1cc(CNCc2ccc(C#N)cc2)ccc1F. The number of nitrogens with zero attached hydrogens (tertiary/aromatic N) is 1. The normalized spacial score (nSPS) is 10.2. The summed E-state index contributed by atoms with van der Waals surface area (Å²) >= 11 is 0. The summed E-state index contributed by atoms with van der Waals surface area (Å²) in [7, 11) is 0. The second-order valence-electron chi connectivity index (χ2n) is 4.50. The molecule has 0 aromatic heterocycles. The molecule has 0 aliphatic rings. The van der Waals surface area contributed by atoms with Crippen LogP contribution in [0.1, 0.15) is 22.3 Å². The number of hydrogen-bond donors (Lipinski definition) is 1. The maximum Gasteiger partial charge on any atom is 0.126 e. The van der Waals surface area contributed by atoms with Gasteiger partial charge in [0, 0.05) is 13.1 Å².